The summed E-state index contributed by atoms with van der Waals surface area (Å²) in [5, 5.41) is 0.542. The highest BCUT2D eigenvalue weighted by atomic mass is 16.5. The molecule has 5 nitrogen and oxygen atoms in total. The number of rotatable bonds is 1. The lowest BCUT2D eigenvalue weighted by Gasteiger charge is -2.25. The summed E-state index contributed by atoms with van der Waals surface area (Å²) in [6.45, 7) is 6.66. The van der Waals surface area contributed by atoms with Crippen LogP contribution in [0.1, 0.15) is 11.1 Å². The van der Waals surface area contributed by atoms with Crippen LogP contribution in [0.15, 0.2) is 21.3 Å². The summed E-state index contributed by atoms with van der Waals surface area (Å²) in [7, 11) is 0. The van der Waals surface area contributed by atoms with Crippen molar-refractivity contribution in [3.05, 3.63) is 33.7 Å². The molecule has 1 aliphatic rings. The molecule has 1 aromatic heterocycles. The summed E-state index contributed by atoms with van der Waals surface area (Å²) < 4.78 is 10.6. The molecular formula is C14H16N2O3. The fourth-order valence-electron chi connectivity index (χ4n) is 2.21. The Bertz CT molecular complexity index is 672. The first-order valence-electron chi connectivity index (χ1n) is 6.40. The number of benzene rings is 1. The number of aryl methyl sites for hydroxylation is 2. The van der Waals surface area contributed by atoms with Gasteiger partial charge in [-0.05, 0) is 37.1 Å². The highest BCUT2D eigenvalue weighted by Crippen LogP contribution is 2.19. The minimum absolute atomic E-state index is 0.324. The maximum absolute atomic E-state index is 12.0. The Morgan fingerprint density at radius 2 is 1.84 bits per heavy atom. The van der Waals surface area contributed by atoms with Gasteiger partial charge in [0.15, 0.2) is 0 Å². The van der Waals surface area contributed by atoms with Gasteiger partial charge in [0, 0.05) is 13.1 Å². The van der Waals surface area contributed by atoms with Crippen molar-refractivity contribution >= 4 is 16.9 Å². The van der Waals surface area contributed by atoms with E-state index in [1.807, 2.05) is 30.9 Å². The molecule has 0 saturated carbocycles. The van der Waals surface area contributed by atoms with Crippen molar-refractivity contribution in [2.45, 2.75) is 13.8 Å². The van der Waals surface area contributed by atoms with Gasteiger partial charge in [-0.15, -0.1) is 0 Å². The summed E-state index contributed by atoms with van der Waals surface area (Å²) in [4.78, 5) is 18.5. The van der Waals surface area contributed by atoms with Gasteiger partial charge in [-0.25, -0.2) is 4.79 Å². The number of morpholine rings is 1. The first-order chi connectivity index (χ1) is 9.15. The van der Waals surface area contributed by atoms with Crippen molar-refractivity contribution in [2.75, 3.05) is 31.2 Å². The Labute approximate surface area is 110 Å². The maximum Gasteiger partial charge on any atom is 0.348 e. The van der Waals surface area contributed by atoms with Gasteiger partial charge in [-0.2, -0.15) is 4.98 Å². The van der Waals surface area contributed by atoms with Crippen molar-refractivity contribution in [3.63, 3.8) is 0 Å². The van der Waals surface area contributed by atoms with Crippen LogP contribution >= 0.6 is 0 Å². The monoisotopic (exact) mass is 260 g/mol. The molecule has 5 heteroatoms. The van der Waals surface area contributed by atoms with E-state index in [1.165, 1.54) is 0 Å². The van der Waals surface area contributed by atoms with E-state index in [1.54, 1.807) is 0 Å². The molecule has 19 heavy (non-hydrogen) atoms. The zero-order valence-electron chi connectivity index (χ0n) is 11.1. The second-order valence-corrected chi connectivity index (χ2v) is 4.84. The number of anilines is 1. The van der Waals surface area contributed by atoms with E-state index < -0.39 is 0 Å². The third-order valence-electron chi connectivity index (χ3n) is 3.51. The second kappa shape index (κ2) is 4.66. The molecule has 0 N–H and O–H groups in total. The van der Waals surface area contributed by atoms with Crippen molar-refractivity contribution in [3.8, 4) is 0 Å². The summed E-state index contributed by atoms with van der Waals surface area (Å²) in [5.74, 6) is 0. The molecule has 100 valence electrons. The van der Waals surface area contributed by atoms with Gasteiger partial charge in [-0.3, -0.25) is 0 Å². The number of ether oxygens (including phenoxy) is 1. The van der Waals surface area contributed by atoms with Crippen molar-refractivity contribution in [1.82, 2.24) is 4.98 Å². The van der Waals surface area contributed by atoms with Crippen LogP contribution in [-0.2, 0) is 4.74 Å². The van der Waals surface area contributed by atoms with Gasteiger partial charge < -0.3 is 14.1 Å². The van der Waals surface area contributed by atoms with Gasteiger partial charge >= 0.3 is 11.6 Å². The molecule has 0 unspecified atom stereocenters. The van der Waals surface area contributed by atoms with E-state index in [9.17, 15) is 4.79 Å². The topological polar surface area (TPSA) is 55.6 Å². The van der Waals surface area contributed by atoms with E-state index in [0.717, 1.165) is 11.1 Å². The minimum Gasteiger partial charge on any atom is -0.389 e. The van der Waals surface area contributed by atoms with E-state index in [-0.39, 0.29) is 5.63 Å². The average Bonchev–Trinajstić information content (AvgIpc) is 2.42. The lowest BCUT2D eigenvalue weighted by Crippen LogP contribution is -2.37. The fraction of sp³-hybridized carbons (Fsp3) is 0.429. The Hall–Kier alpha value is -1.88. The Kier molecular flexibility index (Phi) is 2.98. The summed E-state index contributed by atoms with van der Waals surface area (Å²) >= 11 is 0. The van der Waals surface area contributed by atoms with E-state index >= 15 is 0 Å². The van der Waals surface area contributed by atoms with Crippen LogP contribution in [-0.4, -0.2) is 31.3 Å². The summed E-state index contributed by atoms with van der Waals surface area (Å²) in [5.41, 5.74) is 2.56. The Balaban J connectivity index is 2.13. The number of fused-ring (bicyclic) bond motifs is 1. The Morgan fingerprint density at radius 1 is 1.16 bits per heavy atom. The van der Waals surface area contributed by atoms with Gasteiger partial charge in [0.05, 0.1) is 24.1 Å². The van der Waals surface area contributed by atoms with E-state index in [4.69, 9.17) is 9.15 Å². The zero-order valence-corrected chi connectivity index (χ0v) is 11.1. The number of aromatic nitrogens is 1. The predicted octanol–water partition coefficient (Wildman–Crippen LogP) is 1.64. The molecule has 0 spiro atoms. The van der Waals surface area contributed by atoms with E-state index in [2.05, 4.69) is 4.98 Å². The second-order valence-electron chi connectivity index (χ2n) is 4.84. The maximum atomic E-state index is 12.0. The molecule has 0 amide bonds. The van der Waals surface area contributed by atoms with Crippen molar-refractivity contribution in [2.24, 2.45) is 0 Å². The normalized spacial score (nSPS) is 16.0. The number of hydrogen-bond acceptors (Lipinski definition) is 5. The standard InChI is InChI=1S/C14H16N2O3/c1-9-7-11-12(8-10(9)2)15-14(19-13(11)17)16-3-5-18-6-4-16/h7-8H,3-6H2,1-2H3. The molecule has 1 aromatic carbocycles. The lowest BCUT2D eigenvalue weighted by molar-refractivity contribution is 0.120. The summed E-state index contributed by atoms with van der Waals surface area (Å²) in [6, 6.07) is 4.17. The van der Waals surface area contributed by atoms with Crippen LogP contribution in [0.5, 0.6) is 0 Å². The molecule has 2 heterocycles. The predicted molar refractivity (Wildman–Crippen MR) is 72.8 cm³/mol. The molecule has 1 fully saturated rings. The molecule has 0 atom stereocenters. The van der Waals surface area contributed by atoms with Crippen LogP contribution in [0.4, 0.5) is 6.01 Å². The van der Waals surface area contributed by atoms with Gasteiger partial charge in [0.1, 0.15) is 0 Å². The van der Waals surface area contributed by atoms with Crippen LogP contribution in [0, 0.1) is 13.8 Å². The first kappa shape index (κ1) is 12.2. The quantitative estimate of drug-likeness (QED) is 0.780. The molecule has 0 aliphatic carbocycles. The van der Waals surface area contributed by atoms with Gasteiger partial charge in [0.2, 0.25) is 0 Å². The highest BCUT2D eigenvalue weighted by molar-refractivity contribution is 5.79. The third kappa shape index (κ3) is 2.21. The van der Waals surface area contributed by atoms with Gasteiger partial charge in [-0.1, -0.05) is 0 Å². The van der Waals surface area contributed by atoms with Crippen LogP contribution < -0.4 is 10.5 Å². The number of nitrogens with zero attached hydrogens (tertiary/aromatic N) is 2. The van der Waals surface area contributed by atoms with Crippen molar-refractivity contribution in [1.29, 1.82) is 0 Å². The number of hydrogen-bond donors (Lipinski definition) is 0. The van der Waals surface area contributed by atoms with Crippen molar-refractivity contribution < 1.29 is 9.15 Å². The van der Waals surface area contributed by atoms with Crippen LogP contribution in [0.25, 0.3) is 10.9 Å². The molecule has 1 saturated heterocycles. The molecular weight excluding hydrogens is 244 g/mol. The Morgan fingerprint density at radius 3 is 2.58 bits per heavy atom. The van der Waals surface area contributed by atoms with E-state index in [0.29, 0.717) is 43.2 Å². The molecule has 2 aromatic rings. The minimum atomic E-state index is -0.324. The zero-order chi connectivity index (χ0) is 13.4. The third-order valence-corrected chi connectivity index (χ3v) is 3.51. The highest BCUT2D eigenvalue weighted by Gasteiger charge is 2.17. The largest absolute Gasteiger partial charge is 0.389 e. The lowest BCUT2D eigenvalue weighted by atomic mass is 10.1. The molecule has 0 radical (unpaired) electrons. The molecule has 3 rings (SSSR count). The molecule has 0 bridgehead atoms. The van der Waals surface area contributed by atoms with Gasteiger partial charge in [0.25, 0.3) is 0 Å². The van der Waals surface area contributed by atoms with Crippen LogP contribution in [0.2, 0.25) is 0 Å². The summed E-state index contributed by atoms with van der Waals surface area (Å²) in [6.07, 6.45) is 0. The SMILES string of the molecule is Cc1cc2nc(N3CCOCC3)oc(=O)c2cc1C. The first-order valence-corrected chi connectivity index (χ1v) is 6.40. The smallest absolute Gasteiger partial charge is 0.348 e. The average molecular weight is 260 g/mol. The van der Waals surface area contributed by atoms with Crippen LogP contribution in [0.3, 0.4) is 0 Å². The molecule has 1 aliphatic heterocycles. The fourth-order valence-corrected chi connectivity index (χ4v) is 2.21.